The predicted octanol–water partition coefficient (Wildman–Crippen LogP) is 2.44. The maximum atomic E-state index is 12.1. The molecular weight excluding hydrogens is 381 g/mol. The Morgan fingerprint density at radius 2 is 1.92 bits per heavy atom. The van der Waals surface area contributed by atoms with Crippen molar-refractivity contribution in [2.24, 2.45) is 5.14 Å². The van der Waals surface area contributed by atoms with Crippen LogP contribution in [0.25, 0.3) is 16.2 Å². The molecule has 0 atom stereocenters. The van der Waals surface area contributed by atoms with Crippen LogP contribution in [0.1, 0.15) is 6.42 Å². The first kappa shape index (κ1) is 17.6. The highest BCUT2D eigenvalue weighted by Gasteiger charge is 2.26. The Morgan fingerprint density at radius 3 is 2.48 bits per heavy atom. The zero-order valence-electron chi connectivity index (χ0n) is 12.4. The summed E-state index contributed by atoms with van der Waals surface area (Å²) in [5.41, 5.74) is 1.21. The van der Waals surface area contributed by atoms with Gasteiger partial charge in [-0.3, -0.25) is 0 Å². The molecule has 0 aliphatic rings. The molecule has 0 radical (unpaired) electrons. The Kier molecular flexibility index (Phi) is 4.43. The van der Waals surface area contributed by atoms with Gasteiger partial charge in [0.05, 0.1) is 24.9 Å². The fourth-order valence-corrected chi connectivity index (χ4v) is 3.45. The molecule has 0 amide bonds. The second-order valence-corrected chi connectivity index (χ2v) is 7.70. The number of hydrogen-bond donors (Lipinski definition) is 1. The fourth-order valence-electron chi connectivity index (χ4n) is 1.94. The number of primary sulfonamides is 1. The van der Waals surface area contributed by atoms with Crippen molar-refractivity contribution in [3.05, 3.63) is 30.5 Å². The minimum Gasteiger partial charge on any atom is -0.493 e. The van der Waals surface area contributed by atoms with E-state index in [1.807, 2.05) is 0 Å². The molecule has 2 N–H and O–H groups in total. The minimum absolute atomic E-state index is 0.241. The SMILES string of the molecule is NS(=O)(=O)c1nn2cc(-c3ccc(OCCC(F)(F)F)cc3)nc2s1. The molecule has 7 nitrogen and oxygen atoms in total. The van der Waals surface area contributed by atoms with E-state index in [9.17, 15) is 21.6 Å². The van der Waals surface area contributed by atoms with Gasteiger partial charge in [-0.2, -0.15) is 13.2 Å². The number of sulfonamides is 1. The maximum Gasteiger partial charge on any atom is 0.392 e. The molecule has 0 saturated carbocycles. The molecule has 25 heavy (non-hydrogen) atoms. The highest BCUT2D eigenvalue weighted by Crippen LogP contribution is 2.26. The molecule has 0 fully saturated rings. The van der Waals surface area contributed by atoms with E-state index in [1.165, 1.54) is 22.8 Å². The molecule has 1 aromatic carbocycles. The summed E-state index contributed by atoms with van der Waals surface area (Å²) < 4.78 is 64.8. The van der Waals surface area contributed by atoms with Crippen LogP contribution in [-0.2, 0) is 10.0 Å². The van der Waals surface area contributed by atoms with E-state index in [2.05, 4.69) is 10.1 Å². The van der Waals surface area contributed by atoms with E-state index in [0.29, 0.717) is 22.0 Å². The van der Waals surface area contributed by atoms with Crippen molar-refractivity contribution in [3.63, 3.8) is 0 Å². The molecule has 0 bridgehead atoms. The Labute approximate surface area is 143 Å². The number of hydrogen-bond acceptors (Lipinski definition) is 6. The molecule has 134 valence electrons. The molecular formula is C13H11F3N4O3S2. The molecule has 0 aliphatic carbocycles. The van der Waals surface area contributed by atoms with Crippen LogP contribution in [0, 0.1) is 0 Å². The van der Waals surface area contributed by atoms with Gasteiger partial charge in [-0.15, -0.1) is 5.10 Å². The lowest BCUT2D eigenvalue weighted by Crippen LogP contribution is -2.12. The van der Waals surface area contributed by atoms with E-state index in [4.69, 9.17) is 9.88 Å². The third kappa shape index (κ3) is 4.27. The number of imidazole rings is 1. The molecule has 12 heteroatoms. The van der Waals surface area contributed by atoms with Crippen molar-refractivity contribution in [1.29, 1.82) is 0 Å². The van der Waals surface area contributed by atoms with E-state index >= 15 is 0 Å². The minimum atomic E-state index is -4.26. The van der Waals surface area contributed by atoms with E-state index in [-0.39, 0.29) is 4.34 Å². The number of benzene rings is 1. The van der Waals surface area contributed by atoms with Crippen molar-refractivity contribution >= 4 is 26.3 Å². The lowest BCUT2D eigenvalue weighted by Gasteiger charge is -2.08. The summed E-state index contributed by atoms with van der Waals surface area (Å²) in [6, 6.07) is 6.33. The molecule has 2 heterocycles. The summed E-state index contributed by atoms with van der Waals surface area (Å²) in [7, 11) is -3.89. The van der Waals surface area contributed by atoms with Crippen LogP contribution < -0.4 is 9.88 Å². The second kappa shape index (κ2) is 6.28. The highest BCUT2D eigenvalue weighted by molar-refractivity contribution is 7.91. The summed E-state index contributed by atoms with van der Waals surface area (Å²) in [4.78, 5) is 4.60. The van der Waals surface area contributed by atoms with Crippen LogP contribution in [0.2, 0.25) is 0 Å². The van der Waals surface area contributed by atoms with Gasteiger partial charge in [-0.05, 0) is 24.3 Å². The smallest absolute Gasteiger partial charge is 0.392 e. The molecule has 0 aliphatic heterocycles. The van der Waals surface area contributed by atoms with E-state index in [1.54, 1.807) is 12.1 Å². The van der Waals surface area contributed by atoms with Crippen LogP contribution in [0.15, 0.2) is 34.8 Å². The van der Waals surface area contributed by atoms with Crippen LogP contribution in [-0.4, -0.2) is 35.8 Å². The van der Waals surface area contributed by atoms with Gasteiger partial charge in [0, 0.05) is 5.56 Å². The number of fused-ring (bicyclic) bond motifs is 1. The van der Waals surface area contributed by atoms with Crippen molar-refractivity contribution in [3.8, 4) is 17.0 Å². The molecule has 3 rings (SSSR count). The molecule has 2 aromatic heterocycles. The molecule has 0 spiro atoms. The number of nitrogens with zero attached hydrogens (tertiary/aromatic N) is 3. The number of ether oxygens (including phenoxy) is 1. The molecule has 0 saturated heterocycles. The monoisotopic (exact) mass is 392 g/mol. The number of rotatable bonds is 5. The Hall–Kier alpha value is -2.18. The third-order valence-electron chi connectivity index (χ3n) is 3.07. The van der Waals surface area contributed by atoms with Gasteiger partial charge >= 0.3 is 6.18 Å². The average molecular weight is 392 g/mol. The van der Waals surface area contributed by atoms with Gasteiger partial charge in [0.15, 0.2) is 0 Å². The second-order valence-electron chi connectivity index (χ2n) is 5.00. The first-order valence-corrected chi connectivity index (χ1v) is 9.17. The number of aromatic nitrogens is 3. The summed E-state index contributed by atoms with van der Waals surface area (Å²) in [5, 5.41) is 8.85. The number of nitrogens with two attached hydrogens (primary N) is 1. The van der Waals surface area contributed by atoms with Crippen molar-refractivity contribution < 1.29 is 26.3 Å². The van der Waals surface area contributed by atoms with Gasteiger partial charge in [-0.25, -0.2) is 23.1 Å². The zero-order chi connectivity index (χ0) is 18.2. The zero-order valence-corrected chi connectivity index (χ0v) is 14.0. The van der Waals surface area contributed by atoms with Gasteiger partial charge in [0.2, 0.25) is 9.30 Å². The largest absolute Gasteiger partial charge is 0.493 e. The van der Waals surface area contributed by atoms with Crippen LogP contribution >= 0.6 is 11.3 Å². The summed E-state index contributed by atoms with van der Waals surface area (Å²) in [6.07, 6.45) is -3.75. The van der Waals surface area contributed by atoms with Crippen LogP contribution in [0.3, 0.4) is 0 Å². The summed E-state index contributed by atoms with van der Waals surface area (Å²) in [5.74, 6) is 0.309. The normalized spacial score (nSPS) is 12.6. The third-order valence-corrected chi connectivity index (χ3v) is 5.30. The summed E-state index contributed by atoms with van der Waals surface area (Å²) in [6.45, 7) is -0.455. The maximum absolute atomic E-state index is 12.1. The van der Waals surface area contributed by atoms with Crippen molar-refractivity contribution in [2.75, 3.05) is 6.61 Å². The Bertz CT molecular complexity index is 962. The number of halogens is 3. The Morgan fingerprint density at radius 1 is 1.24 bits per heavy atom. The van der Waals surface area contributed by atoms with Gasteiger partial charge in [-0.1, -0.05) is 11.3 Å². The quantitative estimate of drug-likeness (QED) is 0.719. The molecule has 0 unspecified atom stereocenters. The fraction of sp³-hybridized carbons (Fsp3) is 0.231. The lowest BCUT2D eigenvalue weighted by molar-refractivity contribution is -0.139. The van der Waals surface area contributed by atoms with Crippen molar-refractivity contribution in [2.45, 2.75) is 16.9 Å². The molecule has 3 aromatic rings. The van der Waals surface area contributed by atoms with E-state index < -0.39 is 29.2 Å². The summed E-state index contributed by atoms with van der Waals surface area (Å²) >= 11 is 0.833. The standard InChI is InChI=1S/C13H11F3N4O3S2/c14-13(15,16)5-6-23-9-3-1-8(2-4-9)10-7-20-11(18-10)24-12(19-20)25(17,21)22/h1-4,7H,5-6H2,(H2,17,21,22). The van der Waals surface area contributed by atoms with E-state index in [0.717, 1.165) is 11.3 Å². The predicted molar refractivity (Wildman–Crippen MR) is 83.8 cm³/mol. The first-order valence-electron chi connectivity index (χ1n) is 6.81. The highest BCUT2D eigenvalue weighted by atomic mass is 32.2. The Balaban J connectivity index is 1.74. The first-order chi connectivity index (χ1) is 11.6. The average Bonchev–Trinajstić information content (AvgIpc) is 3.04. The van der Waals surface area contributed by atoms with Gasteiger partial charge < -0.3 is 4.74 Å². The van der Waals surface area contributed by atoms with Gasteiger partial charge in [0.1, 0.15) is 5.75 Å². The topological polar surface area (TPSA) is 99.6 Å². The van der Waals surface area contributed by atoms with Crippen LogP contribution in [0.4, 0.5) is 13.2 Å². The lowest BCUT2D eigenvalue weighted by atomic mass is 10.2. The number of alkyl halides is 3. The van der Waals surface area contributed by atoms with Crippen LogP contribution in [0.5, 0.6) is 5.75 Å². The van der Waals surface area contributed by atoms with Gasteiger partial charge in [0.25, 0.3) is 10.0 Å². The van der Waals surface area contributed by atoms with Crippen molar-refractivity contribution in [1.82, 2.24) is 14.6 Å².